The van der Waals surface area contributed by atoms with Crippen molar-refractivity contribution in [3.8, 4) is 28.9 Å². The summed E-state index contributed by atoms with van der Waals surface area (Å²) >= 11 is 0. The van der Waals surface area contributed by atoms with Crippen LogP contribution >= 0.6 is 0 Å². The number of halogens is 3. The molecule has 4 aromatic rings. The molecule has 4 aliphatic heterocycles. The van der Waals surface area contributed by atoms with Crippen molar-refractivity contribution in [2.45, 2.75) is 56.3 Å². The number of aromatic nitrogens is 3. The van der Waals surface area contributed by atoms with E-state index in [2.05, 4.69) is 19.9 Å². The van der Waals surface area contributed by atoms with E-state index in [0.717, 1.165) is 19.4 Å². The normalized spacial score (nSPS) is 24.6. The summed E-state index contributed by atoms with van der Waals surface area (Å²) in [6, 6.07) is 5.51. The summed E-state index contributed by atoms with van der Waals surface area (Å²) in [7, 11) is -1.58. The van der Waals surface area contributed by atoms with E-state index in [9.17, 15) is 17.9 Å². The van der Waals surface area contributed by atoms with Crippen LogP contribution in [0.4, 0.5) is 19.0 Å². The first-order chi connectivity index (χ1) is 22.4. The number of ether oxygens (including phenoxy) is 2. The van der Waals surface area contributed by atoms with E-state index in [1.807, 2.05) is 0 Å². The largest absolute Gasteiger partial charge is 0.508 e. The first-order valence-corrected chi connectivity index (χ1v) is 17.7. The number of hydrogen-bond acceptors (Lipinski definition) is 10. The number of aromatic hydroxyl groups is 1. The molecule has 1 spiro atoms. The molecule has 10 nitrogen and oxygen atoms in total. The summed E-state index contributed by atoms with van der Waals surface area (Å²) in [5.74, 6) is -1.52. The maximum absolute atomic E-state index is 17.0. The van der Waals surface area contributed by atoms with Crippen LogP contribution in [-0.2, 0) is 16.3 Å². The summed E-state index contributed by atoms with van der Waals surface area (Å²) < 4.78 is 83.8. The van der Waals surface area contributed by atoms with Gasteiger partial charge in [0.25, 0.3) is 0 Å². The Morgan fingerprint density at radius 2 is 1.94 bits per heavy atom. The zero-order valence-electron chi connectivity index (χ0n) is 26.0. The molecule has 0 bridgehead atoms. The first-order valence-electron chi connectivity index (χ1n) is 15.9. The summed E-state index contributed by atoms with van der Waals surface area (Å²) in [5.41, 5.74) is -1.24. The molecule has 0 unspecified atom stereocenters. The number of pyridine rings is 1. The Morgan fingerprint density at radius 3 is 2.70 bits per heavy atom. The molecule has 8 rings (SSSR count). The van der Waals surface area contributed by atoms with Crippen molar-refractivity contribution in [3.63, 3.8) is 0 Å². The van der Waals surface area contributed by atoms with Gasteiger partial charge in [-0.15, -0.1) is 0 Å². The standard InChI is InChI=1S/C33H34F3N5O5S/c1-3-21-23(35)6-5-18-11-20(42)12-22(24(18)21)27-26(36)28-25-29(40(2)33(16-47(43,44)17-33)8-10-45-30(25)37-27)39-31(38-28)46-15-32-7-4-9-41(32)14-19(34)13-32/h5-6,11-12,19,42H,3-4,7-10,13-17H2,1-2H3/t19-,32+/m1/s1. The van der Waals surface area contributed by atoms with Gasteiger partial charge in [0.1, 0.15) is 46.8 Å². The van der Waals surface area contributed by atoms with Crippen LogP contribution in [0.25, 0.3) is 32.9 Å². The third-order valence-corrected chi connectivity index (χ3v) is 12.5. The molecule has 248 valence electrons. The number of rotatable bonds is 5. The molecule has 6 heterocycles. The molecule has 0 aliphatic carbocycles. The van der Waals surface area contributed by atoms with Crippen LogP contribution in [0.3, 0.4) is 0 Å². The average Bonchev–Trinajstić information content (AvgIpc) is 3.54. The van der Waals surface area contributed by atoms with Gasteiger partial charge in [-0.05, 0) is 60.3 Å². The van der Waals surface area contributed by atoms with Gasteiger partial charge in [-0.3, -0.25) is 4.90 Å². The van der Waals surface area contributed by atoms with Crippen molar-refractivity contribution in [2.24, 2.45) is 0 Å². The summed E-state index contributed by atoms with van der Waals surface area (Å²) in [6.45, 7) is 3.06. The van der Waals surface area contributed by atoms with Crippen LogP contribution in [0, 0.1) is 11.6 Å². The molecule has 0 radical (unpaired) electrons. The van der Waals surface area contributed by atoms with Gasteiger partial charge in [0.05, 0.1) is 29.2 Å². The Bertz CT molecular complexity index is 2070. The van der Waals surface area contributed by atoms with Crippen LogP contribution in [0.2, 0.25) is 0 Å². The van der Waals surface area contributed by atoms with Crippen molar-refractivity contribution in [2.75, 3.05) is 49.8 Å². The lowest BCUT2D eigenvalue weighted by Crippen LogP contribution is -2.65. The fraction of sp³-hybridized carbons (Fsp3) is 0.485. The Hall–Kier alpha value is -3.91. The highest BCUT2D eigenvalue weighted by molar-refractivity contribution is 7.93. The molecule has 2 aromatic carbocycles. The van der Waals surface area contributed by atoms with E-state index >= 15 is 8.78 Å². The Morgan fingerprint density at radius 1 is 1.13 bits per heavy atom. The second-order valence-electron chi connectivity index (χ2n) is 13.4. The minimum absolute atomic E-state index is 0.0180. The number of fused-ring (bicyclic) bond motifs is 2. The van der Waals surface area contributed by atoms with Gasteiger partial charge in [-0.1, -0.05) is 13.0 Å². The van der Waals surface area contributed by atoms with Gasteiger partial charge in [0.15, 0.2) is 15.7 Å². The second kappa shape index (κ2) is 10.5. The van der Waals surface area contributed by atoms with E-state index in [1.165, 1.54) is 24.3 Å². The van der Waals surface area contributed by atoms with E-state index in [-0.39, 0.29) is 70.3 Å². The minimum Gasteiger partial charge on any atom is -0.508 e. The smallest absolute Gasteiger partial charge is 0.319 e. The van der Waals surface area contributed by atoms with Gasteiger partial charge in [0.2, 0.25) is 5.88 Å². The van der Waals surface area contributed by atoms with Gasteiger partial charge in [-0.25, -0.2) is 26.6 Å². The quantitative estimate of drug-likeness (QED) is 0.320. The van der Waals surface area contributed by atoms with Crippen molar-refractivity contribution >= 4 is 37.3 Å². The zero-order valence-corrected chi connectivity index (χ0v) is 26.8. The number of sulfone groups is 1. The van der Waals surface area contributed by atoms with Crippen LogP contribution in [0.15, 0.2) is 24.3 Å². The van der Waals surface area contributed by atoms with E-state index in [4.69, 9.17) is 9.47 Å². The molecule has 2 atom stereocenters. The van der Waals surface area contributed by atoms with E-state index < -0.39 is 38.7 Å². The molecule has 14 heteroatoms. The zero-order chi connectivity index (χ0) is 32.9. The molecule has 1 N–H and O–H groups in total. The molecule has 4 aliphatic rings. The Labute approximate surface area is 269 Å². The number of nitrogens with zero attached hydrogens (tertiary/aromatic N) is 5. The highest BCUT2D eigenvalue weighted by atomic mass is 32.2. The molecular weight excluding hydrogens is 635 g/mol. The summed E-state index contributed by atoms with van der Waals surface area (Å²) in [6.07, 6.45) is 1.62. The molecule has 3 fully saturated rings. The first kappa shape index (κ1) is 30.4. The maximum Gasteiger partial charge on any atom is 0.319 e. The highest BCUT2D eigenvalue weighted by Gasteiger charge is 2.53. The third kappa shape index (κ3) is 4.69. The van der Waals surface area contributed by atoms with Gasteiger partial charge < -0.3 is 19.5 Å². The van der Waals surface area contributed by atoms with E-state index in [0.29, 0.717) is 42.1 Å². The third-order valence-electron chi connectivity index (χ3n) is 10.5. The van der Waals surface area contributed by atoms with Crippen LogP contribution in [0.1, 0.15) is 38.2 Å². The number of hydrogen-bond donors (Lipinski definition) is 1. The molecule has 47 heavy (non-hydrogen) atoms. The molecule has 0 amide bonds. The average molecular weight is 670 g/mol. The molecular formula is C33H34F3N5O5S. The maximum atomic E-state index is 17.0. The monoisotopic (exact) mass is 669 g/mol. The van der Waals surface area contributed by atoms with Gasteiger partial charge >= 0.3 is 6.01 Å². The van der Waals surface area contributed by atoms with Gasteiger partial charge in [-0.2, -0.15) is 9.97 Å². The summed E-state index contributed by atoms with van der Waals surface area (Å²) in [5, 5.41) is 11.7. The Balaban J connectivity index is 1.34. The van der Waals surface area contributed by atoms with E-state index in [1.54, 1.807) is 18.9 Å². The van der Waals surface area contributed by atoms with Crippen molar-refractivity contribution in [3.05, 3.63) is 41.5 Å². The van der Waals surface area contributed by atoms with Gasteiger partial charge in [0, 0.05) is 32.0 Å². The summed E-state index contributed by atoms with van der Waals surface area (Å²) in [4.78, 5) is 17.6. The number of aryl methyl sites for hydroxylation is 1. The minimum atomic E-state index is -3.29. The number of benzene rings is 2. The Kier molecular flexibility index (Phi) is 6.83. The fourth-order valence-corrected chi connectivity index (χ4v) is 10.4. The van der Waals surface area contributed by atoms with Crippen LogP contribution < -0.4 is 14.4 Å². The number of phenolic OH excluding ortho intramolecular Hbond substituents is 1. The van der Waals surface area contributed by atoms with Crippen LogP contribution in [0.5, 0.6) is 17.6 Å². The number of anilines is 1. The lowest BCUT2D eigenvalue weighted by molar-refractivity contribution is 0.107. The predicted octanol–water partition coefficient (Wildman–Crippen LogP) is 4.73. The SMILES string of the molecule is CCc1c(F)ccc2cc(O)cc(-c3nc4c5c(nc(OC[C@@]67CCCN6C[C@H](F)C7)nc5c3F)N(C)C3(CCO4)CS(=O)(=O)C3)c12. The van der Waals surface area contributed by atoms with Crippen molar-refractivity contribution in [1.82, 2.24) is 19.9 Å². The van der Waals surface area contributed by atoms with Crippen molar-refractivity contribution in [1.29, 1.82) is 0 Å². The van der Waals surface area contributed by atoms with Crippen LogP contribution in [-0.4, -0.2) is 95.5 Å². The molecule has 2 aromatic heterocycles. The predicted molar refractivity (Wildman–Crippen MR) is 170 cm³/mol. The number of phenols is 1. The lowest BCUT2D eigenvalue weighted by atomic mass is 9.94. The molecule has 3 saturated heterocycles. The molecule has 0 saturated carbocycles. The second-order valence-corrected chi connectivity index (χ2v) is 15.4. The highest BCUT2D eigenvalue weighted by Crippen LogP contribution is 2.46. The van der Waals surface area contributed by atoms with Crippen molar-refractivity contribution < 1.29 is 36.2 Å². The lowest BCUT2D eigenvalue weighted by Gasteiger charge is -2.49. The topological polar surface area (TPSA) is 118 Å². The number of alkyl halides is 1. The fourth-order valence-electron chi connectivity index (χ4n) is 8.22.